The first-order valence-corrected chi connectivity index (χ1v) is 7.90. The van der Waals surface area contributed by atoms with Crippen LogP contribution >= 0.6 is 0 Å². The van der Waals surface area contributed by atoms with Crippen LogP contribution in [-0.2, 0) is 0 Å². The lowest BCUT2D eigenvalue weighted by atomic mass is 10.0. The van der Waals surface area contributed by atoms with E-state index in [0.717, 1.165) is 51.4 Å². The minimum Gasteiger partial charge on any atom is -0.393 e. The number of hydrogen-bond donors (Lipinski definition) is 1. The van der Waals surface area contributed by atoms with Crippen molar-refractivity contribution < 1.29 is 10.6 Å². The second-order valence-electron chi connectivity index (χ2n) is 5.15. The van der Waals surface area contributed by atoms with E-state index in [1.807, 2.05) is 13.8 Å². The standard InChI is InChI=1S/C17H36O/c1-3-5-7-9-11-13-15-17(18)16-14-12-10-8-6-4-2/h17-18H,3-16H2,1-2H3/i7D2,8D2. The lowest BCUT2D eigenvalue weighted by Crippen LogP contribution is -2.05. The number of hydrogen-bond acceptors (Lipinski definition) is 1. The molecule has 0 atom stereocenters. The van der Waals surface area contributed by atoms with Gasteiger partial charge < -0.3 is 5.11 Å². The molecule has 0 aromatic heterocycles. The topological polar surface area (TPSA) is 20.2 Å². The molecule has 1 heteroatoms. The molecule has 0 aliphatic carbocycles. The van der Waals surface area contributed by atoms with Crippen molar-refractivity contribution in [1.29, 1.82) is 0 Å². The van der Waals surface area contributed by atoms with Gasteiger partial charge in [0.1, 0.15) is 0 Å². The molecule has 0 aromatic carbocycles. The van der Waals surface area contributed by atoms with Gasteiger partial charge in [0, 0.05) is 5.48 Å². The normalized spacial score (nSPS) is 16.2. The lowest BCUT2D eigenvalue weighted by molar-refractivity contribution is 0.147. The molecule has 0 aliphatic rings. The van der Waals surface area contributed by atoms with Crippen LogP contribution in [0.15, 0.2) is 0 Å². The van der Waals surface area contributed by atoms with Crippen LogP contribution in [0.1, 0.15) is 109 Å². The third-order valence-electron chi connectivity index (χ3n) is 3.14. The van der Waals surface area contributed by atoms with E-state index < -0.39 is 12.7 Å². The van der Waals surface area contributed by atoms with Crippen LogP contribution in [0.5, 0.6) is 0 Å². The van der Waals surface area contributed by atoms with Crippen molar-refractivity contribution in [3.63, 3.8) is 0 Å². The zero-order chi connectivity index (χ0) is 17.1. The molecular formula is C17H36O. The number of unbranched alkanes of at least 4 members (excludes halogenated alkanes) is 2. The molecule has 0 fully saturated rings. The molecule has 0 bridgehead atoms. The Labute approximate surface area is 121 Å². The van der Waals surface area contributed by atoms with Gasteiger partial charge in [0.15, 0.2) is 0 Å². The second-order valence-corrected chi connectivity index (χ2v) is 5.15. The average Bonchev–Trinajstić information content (AvgIpc) is 2.40. The van der Waals surface area contributed by atoms with Gasteiger partial charge in [-0.15, -0.1) is 0 Å². The Kier molecular flexibility index (Phi) is 9.81. The summed E-state index contributed by atoms with van der Waals surface area (Å²) < 4.78 is 31.2. The highest BCUT2D eigenvalue weighted by Crippen LogP contribution is 2.13. The van der Waals surface area contributed by atoms with Crippen molar-refractivity contribution in [2.75, 3.05) is 0 Å². The summed E-state index contributed by atoms with van der Waals surface area (Å²) >= 11 is 0. The molecule has 0 radical (unpaired) electrons. The van der Waals surface area contributed by atoms with Crippen LogP contribution < -0.4 is 0 Å². The van der Waals surface area contributed by atoms with Gasteiger partial charge in [-0.25, -0.2) is 0 Å². The summed E-state index contributed by atoms with van der Waals surface area (Å²) in [5.74, 6) is 0. The molecular weight excluding hydrogens is 220 g/mol. The third kappa shape index (κ3) is 14.0. The van der Waals surface area contributed by atoms with E-state index in [0.29, 0.717) is 25.7 Å². The molecule has 1 nitrogen and oxygen atoms in total. The highest BCUT2D eigenvalue weighted by atomic mass is 16.3. The Balaban J connectivity index is 3.60. The third-order valence-corrected chi connectivity index (χ3v) is 3.14. The zero-order valence-electron chi connectivity index (χ0n) is 16.5. The second kappa shape index (κ2) is 15.0. The maximum Gasteiger partial charge on any atom is 0.0540 e. The van der Waals surface area contributed by atoms with Crippen molar-refractivity contribution in [3.05, 3.63) is 0 Å². The predicted octanol–water partition coefficient (Wildman–Crippen LogP) is 5.85. The Bertz CT molecular complexity index is 243. The van der Waals surface area contributed by atoms with Crippen LogP contribution in [0, 0.1) is 0 Å². The summed E-state index contributed by atoms with van der Waals surface area (Å²) in [5, 5.41) is 9.93. The summed E-state index contributed by atoms with van der Waals surface area (Å²) in [5.41, 5.74) is 0. The predicted molar refractivity (Wildman–Crippen MR) is 82.0 cm³/mol. The maximum atomic E-state index is 9.93. The fourth-order valence-corrected chi connectivity index (χ4v) is 2.01. The van der Waals surface area contributed by atoms with E-state index in [9.17, 15) is 5.11 Å². The first kappa shape index (κ1) is 11.8. The summed E-state index contributed by atoms with van der Waals surface area (Å²) in [7, 11) is 0. The molecule has 0 amide bonds. The molecule has 0 aromatic rings. The molecule has 0 spiro atoms. The largest absolute Gasteiger partial charge is 0.393 e. The Morgan fingerprint density at radius 2 is 1.17 bits per heavy atom. The fourth-order valence-electron chi connectivity index (χ4n) is 2.01. The van der Waals surface area contributed by atoms with Gasteiger partial charge in [0.05, 0.1) is 6.10 Å². The molecule has 0 saturated heterocycles. The Hall–Kier alpha value is -0.0400. The fraction of sp³-hybridized carbons (Fsp3) is 1.00. The van der Waals surface area contributed by atoms with Gasteiger partial charge in [0.2, 0.25) is 0 Å². The maximum absolute atomic E-state index is 9.93. The molecule has 0 heterocycles. The summed E-state index contributed by atoms with van der Waals surface area (Å²) in [6, 6.07) is 0. The minimum atomic E-state index is -1.05. The van der Waals surface area contributed by atoms with Crippen LogP contribution in [0.3, 0.4) is 0 Å². The quantitative estimate of drug-likeness (QED) is 0.388. The zero-order valence-corrected chi connectivity index (χ0v) is 12.5. The average molecular weight is 260 g/mol. The van der Waals surface area contributed by atoms with Gasteiger partial charge in [0.25, 0.3) is 0 Å². The van der Waals surface area contributed by atoms with Gasteiger partial charge in [-0.1, -0.05) is 90.8 Å². The molecule has 0 rings (SSSR count). The minimum absolute atomic E-state index is 0.311. The smallest absolute Gasteiger partial charge is 0.0540 e. The summed E-state index contributed by atoms with van der Waals surface area (Å²) in [4.78, 5) is 0. The summed E-state index contributed by atoms with van der Waals surface area (Å²) in [6.07, 6.45) is 6.66. The first-order chi connectivity index (χ1) is 10.2. The summed E-state index contributed by atoms with van der Waals surface area (Å²) in [6.45, 7) is 4.01. The first-order valence-electron chi connectivity index (χ1n) is 9.90. The van der Waals surface area contributed by atoms with Crippen molar-refractivity contribution in [2.45, 2.75) is 110 Å². The number of aliphatic hydroxyl groups is 1. The Morgan fingerprint density at radius 1 is 0.722 bits per heavy atom. The molecule has 0 unspecified atom stereocenters. The van der Waals surface area contributed by atoms with Crippen LogP contribution in [0.25, 0.3) is 0 Å². The van der Waals surface area contributed by atoms with E-state index in [1.165, 1.54) is 0 Å². The van der Waals surface area contributed by atoms with E-state index in [4.69, 9.17) is 5.48 Å². The molecule has 0 aliphatic heterocycles. The van der Waals surface area contributed by atoms with Gasteiger partial charge in [-0.05, 0) is 12.8 Å². The van der Waals surface area contributed by atoms with Crippen molar-refractivity contribution in [3.8, 4) is 0 Å². The van der Waals surface area contributed by atoms with Crippen LogP contribution in [0.2, 0.25) is 0 Å². The van der Waals surface area contributed by atoms with Gasteiger partial charge >= 0.3 is 0 Å². The van der Waals surface area contributed by atoms with Crippen molar-refractivity contribution in [1.82, 2.24) is 0 Å². The number of rotatable bonds is 14. The molecule has 1 N–H and O–H groups in total. The molecule has 0 saturated carbocycles. The van der Waals surface area contributed by atoms with E-state index in [2.05, 4.69) is 0 Å². The van der Waals surface area contributed by atoms with E-state index in [-0.39, 0.29) is 6.10 Å². The van der Waals surface area contributed by atoms with Crippen LogP contribution in [0.4, 0.5) is 0 Å². The molecule has 18 heavy (non-hydrogen) atoms. The van der Waals surface area contributed by atoms with Crippen molar-refractivity contribution in [2.24, 2.45) is 0 Å². The lowest BCUT2D eigenvalue weighted by Gasteiger charge is -2.10. The molecule has 110 valence electrons. The van der Waals surface area contributed by atoms with Gasteiger partial charge in [-0.2, -0.15) is 0 Å². The Morgan fingerprint density at radius 3 is 1.56 bits per heavy atom. The highest BCUT2D eigenvalue weighted by molar-refractivity contribution is 4.57. The highest BCUT2D eigenvalue weighted by Gasteiger charge is 2.03. The van der Waals surface area contributed by atoms with E-state index in [1.54, 1.807) is 0 Å². The SMILES string of the molecule is [2H]C([2H])(CCC)CCCCC(O)CCCCC([2H])([2H])CCC. The number of aliphatic hydroxyl groups excluding tert-OH is 1. The van der Waals surface area contributed by atoms with E-state index >= 15 is 0 Å². The van der Waals surface area contributed by atoms with Gasteiger partial charge in [-0.3, -0.25) is 0 Å². The monoisotopic (exact) mass is 260 g/mol. The van der Waals surface area contributed by atoms with Crippen LogP contribution in [-0.4, -0.2) is 11.2 Å². The van der Waals surface area contributed by atoms with Crippen molar-refractivity contribution >= 4 is 0 Å².